The third kappa shape index (κ3) is 4.00. The molecule has 1 nitrogen and oxygen atoms in total. The van der Waals surface area contributed by atoms with Crippen LogP contribution < -0.4 is 0 Å². The van der Waals surface area contributed by atoms with Crippen molar-refractivity contribution in [3.05, 3.63) is 64.9 Å². The molecule has 21 heavy (non-hydrogen) atoms. The van der Waals surface area contributed by atoms with E-state index in [0.717, 1.165) is 10.5 Å². The lowest BCUT2D eigenvalue weighted by atomic mass is 9.80. The molecule has 1 N–H and O–H groups in total. The standard InChI is InChI=1S/C17H18ClFOS/c1-17(2,12-7-9-13(19)10-8-12)16(20)11-21-15-6-4-3-5-14(15)18/h3-10,16,20H,11H2,1-2H3. The van der Waals surface area contributed by atoms with Crippen LogP contribution in [-0.4, -0.2) is 17.0 Å². The third-order valence-electron chi connectivity index (χ3n) is 3.65. The molecule has 112 valence electrons. The Kier molecular flexibility index (Phi) is 5.31. The van der Waals surface area contributed by atoms with Crippen molar-refractivity contribution in [1.82, 2.24) is 0 Å². The minimum Gasteiger partial charge on any atom is -0.391 e. The highest BCUT2D eigenvalue weighted by atomic mass is 35.5. The van der Waals surface area contributed by atoms with Crippen LogP contribution in [0.25, 0.3) is 0 Å². The van der Waals surface area contributed by atoms with Gasteiger partial charge >= 0.3 is 0 Å². The Bertz CT molecular complexity index is 598. The van der Waals surface area contributed by atoms with Crippen LogP contribution >= 0.6 is 23.4 Å². The zero-order valence-corrected chi connectivity index (χ0v) is 13.6. The number of halogens is 2. The van der Waals surface area contributed by atoms with Gasteiger partial charge in [-0.05, 0) is 29.8 Å². The lowest BCUT2D eigenvalue weighted by Crippen LogP contribution is -2.35. The zero-order chi connectivity index (χ0) is 15.5. The van der Waals surface area contributed by atoms with Crippen molar-refractivity contribution in [2.24, 2.45) is 0 Å². The molecule has 1 atom stereocenters. The Morgan fingerprint density at radius 2 is 1.76 bits per heavy atom. The SMILES string of the molecule is CC(C)(c1ccc(F)cc1)C(O)CSc1ccccc1Cl. The molecule has 2 aromatic carbocycles. The molecular weight excluding hydrogens is 307 g/mol. The maximum absolute atomic E-state index is 13.0. The Labute approximate surface area is 134 Å². The van der Waals surface area contributed by atoms with Crippen LogP contribution in [-0.2, 0) is 5.41 Å². The molecule has 4 heteroatoms. The van der Waals surface area contributed by atoms with Gasteiger partial charge in [-0.25, -0.2) is 4.39 Å². The van der Waals surface area contributed by atoms with E-state index in [1.165, 1.54) is 23.9 Å². The van der Waals surface area contributed by atoms with E-state index in [1.807, 2.05) is 38.1 Å². The van der Waals surface area contributed by atoms with Crippen molar-refractivity contribution in [2.45, 2.75) is 30.3 Å². The highest BCUT2D eigenvalue weighted by Gasteiger charge is 2.30. The normalized spacial score (nSPS) is 13.2. The average Bonchev–Trinajstić information content (AvgIpc) is 2.46. The van der Waals surface area contributed by atoms with Crippen LogP contribution in [0.2, 0.25) is 5.02 Å². The number of aliphatic hydroxyl groups excluding tert-OH is 1. The molecule has 0 spiro atoms. The van der Waals surface area contributed by atoms with Gasteiger partial charge in [0, 0.05) is 16.1 Å². The fourth-order valence-corrected chi connectivity index (χ4v) is 3.44. The molecule has 0 aliphatic rings. The summed E-state index contributed by atoms with van der Waals surface area (Å²) in [7, 11) is 0. The smallest absolute Gasteiger partial charge is 0.123 e. The molecule has 0 heterocycles. The first kappa shape index (κ1) is 16.3. The van der Waals surface area contributed by atoms with Gasteiger partial charge in [0.15, 0.2) is 0 Å². The van der Waals surface area contributed by atoms with Crippen LogP contribution in [0.5, 0.6) is 0 Å². The summed E-state index contributed by atoms with van der Waals surface area (Å²) in [5.41, 5.74) is 0.457. The lowest BCUT2D eigenvalue weighted by molar-refractivity contribution is 0.122. The zero-order valence-electron chi connectivity index (χ0n) is 12.0. The van der Waals surface area contributed by atoms with E-state index in [4.69, 9.17) is 11.6 Å². The number of thioether (sulfide) groups is 1. The fourth-order valence-electron chi connectivity index (χ4n) is 2.01. The Balaban J connectivity index is 2.06. The molecule has 0 aliphatic carbocycles. The van der Waals surface area contributed by atoms with E-state index < -0.39 is 11.5 Å². The van der Waals surface area contributed by atoms with Crippen LogP contribution in [0.4, 0.5) is 4.39 Å². The van der Waals surface area contributed by atoms with Crippen LogP contribution in [0.15, 0.2) is 53.4 Å². The molecule has 1 unspecified atom stereocenters. The molecule has 0 amide bonds. The molecule has 0 fully saturated rings. The maximum Gasteiger partial charge on any atom is 0.123 e. The van der Waals surface area contributed by atoms with Crippen molar-refractivity contribution in [3.63, 3.8) is 0 Å². The van der Waals surface area contributed by atoms with E-state index in [2.05, 4.69) is 0 Å². The van der Waals surface area contributed by atoms with Crippen molar-refractivity contribution in [2.75, 3.05) is 5.75 Å². The molecule has 0 aromatic heterocycles. The van der Waals surface area contributed by atoms with Crippen LogP contribution in [0.1, 0.15) is 19.4 Å². The van der Waals surface area contributed by atoms with Crippen molar-refractivity contribution in [3.8, 4) is 0 Å². The van der Waals surface area contributed by atoms with Crippen molar-refractivity contribution in [1.29, 1.82) is 0 Å². The quantitative estimate of drug-likeness (QED) is 0.789. The van der Waals surface area contributed by atoms with Crippen molar-refractivity contribution >= 4 is 23.4 Å². The van der Waals surface area contributed by atoms with E-state index in [1.54, 1.807) is 12.1 Å². The number of hydrogen-bond acceptors (Lipinski definition) is 2. The molecule has 2 aromatic rings. The van der Waals surface area contributed by atoms with E-state index >= 15 is 0 Å². The van der Waals surface area contributed by atoms with E-state index in [9.17, 15) is 9.50 Å². The number of rotatable bonds is 5. The fraction of sp³-hybridized carbons (Fsp3) is 0.294. The molecule has 0 saturated carbocycles. The predicted molar refractivity (Wildman–Crippen MR) is 87.6 cm³/mol. The minimum absolute atomic E-state index is 0.269. The molecule has 0 saturated heterocycles. The highest BCUT2D eigenvalue weighted by Crippen LogP contribution is 2.33. The molecule has 2 rings (SSSR count). The summed E-state index contributed by atoms with van der Waals surface area (Å²) in [5.74, 6) is 0.253. The molecule has 0 bridgehead atoms. The molecule has 0 aliphatic heterocycles. The summed E-state index contributed by atoms with van der Waals surface area (Å²) in [6, 6.07) is 13.9. The molecule has 0 radical (unpaired) electrons. The summed E-state index contributed by atoms with van der Waals surface area (Å²) >= 11 is 7.64. The minimum atomic E-state index is -0.566. The Morgan fingerprint density at radius 3 is 2.38 bits per heavy atom. The summed E-state index contributed by atoms with van der Waals surface area (Å²) in [6.07, 6.45) is -0.566. The average molecular weight is 325 g/mol. The van der Waals surface area contributed by atoms with Gasteiger partial charge < -0.3 is 5.11 Å². The second kappa shape index (κ2) is 6.82. The predicted octanol–water partition coefficient (Wildman–Crippen LogP) is 4.91. The third-order valence-corrected chi connectivity index (χ3v) is 5.25. The lowest BCUT2D eigenvalue weighted by Gasteiger charge is -2.31. The summed E-state index contributed by atoms with van der Waals surface area (Å²) < 4.78 is 13.0. The topological polar surface area (TPSA) is 20.2 Å². The summed E-state index contributed by atoms with van der Waals surface area (Å²) in [4.78, 5) is 0.952. The van der Waals surface area contributed by atoms with Crippen LogP contribution in [0.3, 0.4) is 0 Å². The summed E-state index contributed by atoms with van der Waals surface area (Å²) in [6.45, 7) is 3.91. The number of hydrogen-bond donors (Lipinski definition) is 1. The maximum atomic E-state index is 13.0. The summed E-state index contributed by atoms with van der Waals surface area (Å²) in [5, 5.41) is 11.2. The number of benzene rings is 2. The van der Waals surface area contributed by atoms with Gasteiger partial charge in [0.05, 0.1) is 11.1 Å². The van der Waals surface area contributed by atoms with Gasteiger partial charge in [0.1, 0.15) is 5.82 Å². The highest BCUT2D eigenvalue weighted by molar-refractivity contribution is 7.99. The number of aliphatic hydroxyl groups is 1. The Morgan fingerprint density at radius 1 is 1.14 bits per heavy atom. The van der Waals surface area contributed by atoms with E-state index in [0.29, 0.717) is 10.8 Å². The van der Waals surface area contributed by atoms with Crippen LogP contribution in [0, 0.1) is 5.82 Å². The first-order valence-corrected chi connectivity index (χ1v) is 8.09. The molecular formula is C17H18ClFOS. The monoisotopic (exact) mass is 324 g/mol. The second-order valence-electron chi connectivity index (χ2n) is 5.49. The van der Waals surface area contributed by atoms with Gasteiger partial charge in [-0.15, -0.1) is 11.8 Å². The Hall–Kier alpha value is -1.03. The van der Waals surface area contributed by atoms with Gasteiger partial charge in [0.25, 0.3) is 0 Å². The van der Waals surface area contributed by atoms with Crippen molar-refractivity contribution < 1.29 is 9.50 Å². The van der Waals surface area contributed by atoms with Gasteiger partial charge in [0.2, 0.25) is 0 Å². The van der Waals surface area contributed by atoms with Gasteiger partial charge in [-0.3, -0.25) is 0 Å². The van der Waals surface area contributed by atoms with E-state index in [-0.39, 0.29) is 5.82 Å². The largest absolute Gasteiger partial charge is 0.391 e. The van der Waals surface area contributed by atoms with Gasteiger partial charge in [-0.2, -0.15) is 0 Å². The first-order valence-electron chi connectivity index (χ1n) is 6.72. The second-order valence-corrected chi connectivity index (χ2v) is 6.95. The first-order chi connectivity index (χ1) is 9.91. The van der Waals surface area contributed by atoms with Gasteiger partial charge in [-0.1, -0.05) is 49.7 Å².